The third-order valence-electron chi connectivity index (χ3n) is 3.78. The molecule has 0 spiro atoms. The number of para-hydroxylation sites is 1. The van der Waals surface area contributed by atoms with Crippen molar-refractivity contribution < 1.29 is 0 Å². The predicted molar refractivity (Wildman–Crippen MR) is 67.5 cm³/mol. The van der Waals surface area contributed by atoms with Crippen LogP contribution in [0, 0.1) is 0 Å². The van der Waals surface area contributed by atoms with Crippen LogP contribution in [-0.4, -0.2) is 11.0 Å². The largest absolute Gasteiger partial charge is 0.361 e. The Labute approximate surface area is 95.8 Å². The Morgan fingerprint density at radius 3 is 2.94 bits per heavy atom. The Bertz CT molecular complexity index is 486. The number of fused-ring (bicyclic) bond motifs is 1. The number of aromatic amines is 1. The van der Waals surface area contributed by atoms with Gasteiger partial charge in [0, 0.05) is 23.1 Å². The molecular weight excluding hydrogens is 196 g/mol. The molecule has 1 aliphatic rings. The second-order valence-corrected chi connectivity index (χ2v) is 4.91. The fourth-order valence-corrected chi connectivity index (χ4v) is 2.94. The maximum Gasteiger partial charge on any atom is 0.0456 e. The van der Waals surface area contributed by atoms with Gasteiger partial charge in [-0.25, -0.2) is 0 Å². The first-order valence-corrected chi connectivity index (χ1v) is 6.16. The summed E-state index contributed by atoms with van der Waals surface area (Å²) in [5, 5.41) is 1.38. The number of aromatic nitrogens is 1. The number of hydrogen-bond donors (Lipinski definition) is 2. The summed E-state index contributed by atoms with van der Waals surface area (Å²) in [6, 6.07) is 8.94. The van der Waals surface area contributed by atoms with Crippen LogP contribution in [0.15, 0.2) is 30.5 Å². The van der Waals surface area contributed by atoms with E-state index in [9.17, 15) is 0 Å². The second-order valence-electron chi connectivity index (χ2n) is 4.91. The lowest BCUT2D eigenvalue weighted by atomic mass is 9.81. The summed E-state index contributed by atoms with van der Waals surface area (Å²) in [5.41, 5.74) is 8.78. The fraction of sp³-hybridized carbons (Fsp3) is 0.429. The van der Waals surface area contributed by atoms with Gasteiger partial charge in [0.05, 0.1) is 0 Å². The topological polar surface area (TPSA) is 41.8 Å². The maximum absolute atomic E-state index is 6.07. The molecule has 0 aliphatic heterocycles. The molecule has 1 saturated carbocycles. The number of H-pyrrole nitrogens is 1. The van der Waals surface area contributed by atoms with Crippen LogP contribution in [-0.2, 0) is 0 Å². The van der Waals surface area contributed by atoms with Crippen LogP contribution < -0.4 is 5.73 Å². The number of benzene rings is 1. The van der Waals surface area contributed by atoms with Gasteiger partial charge in [-0.05, 0) is 36.8 Å². The molecule has 3 N–H and O–H groups in total. The van der Waals surface area contributed by atoms with E-state index in [1.165, 1.54) is 35.7 Å². The van der Waals surface area contributed by atoms with Crippen LogP contribution in [0.2, 0.25) is 0 Å². The van der Waals surface area contributed by atoms with Crippen molar-refractivity contribution >= 4 is 10.9 Å². The third kappa shape index (κ3) is 1.63. The van der Waals surface area contributed by atoms with E-state index in [-0.39, 0.29) is 0 Å². The van der Waals surface area contributed by atoms with Crippen molar-refractivity contribution in [1.82, 2.24) is 4.98 Å². The van der Waals surface area contributed by atoms with Gasteiger partial charge in [-0.1, -0.05) is 24.6 Å². The average molecular weight is 214 g/mol. The summed E-state index contributed by atoms with van der Waals surface area (Å²) in [6.45, 7) is 0. The van der Waals surface area contributed by atoms with E-state index < -0.39 is 0 Å². The summed E-state index contributed by atoms with van der Waals surface area (Å²) >= 11 is 0. The second kappa shape index (κ2) is 3.95. The van der Waals surface area contributed by atoms with Gasteiger partial charge in [0.2, 0.25) is 0 Å². The van der Waals surface area contributed by atoms with E-state index in [0.717, 1.165) is 6.42 Å². The SMILES string of the molecule is NC1CCCC(c2c[nH]c3ccccc23)C1. The molecule has 1 aromatic carbocycles. The zero-order valence-electron chi connectivity index (χ0n) is 9.45. The molecule has 84 valence electrons. The molecule has 1 fully saturated rings. The molecule has 1 aliphatic carbocycles. The zero-order chi connectivity index (χ0) is 11.0. The van der Waals surface area contributed by atoms with Crippen molar-refractivity contribution in [3.63, 3.8) is 0 Å². The van der Waals surface area contributed by atoms with Crippen LogP contribution >= 0.6 is 0 Å². The van der Waals surface area contributed by atoms with Gasteiger partial charge in [-0.3, -0.25) is 0 Å². The Hall–Kier alpha value is -1.28. The van der Waals surface area contributed by atoms with Gasteiger partial charge < -0.3 is 10.7 Å². The van der Waals surface area contributed by atoms with Gasteiger partial charge >= 0.3 is 0 Å². The molecule has 0 amide bonds. The number of nitrogens with two attached hydrogens (primary N) is 1. The molecular formula is C14H18N2. The lowest BCUT2D eigenvalue weighted by Crippen LogP contribution is -2.26. The summed E-state index contributed by atoms with van der Waals surface area (Å²) < 4.78 is 0. The normalized spacial score (nSPS) is 26.1. The molecule has 2 aromatic rings. The molecule has 1 heterocycles. The quantitative estimate of drug-likeness (QED) is 0.752. The lowest BCUT2D eigenvalue weighted by Gasteiger charge is -2.26. The number of nitrogens with one attached hydrogen (secondary N) is 1. The number of hydrogen-bond acceptors (Lipinski definition) is 1. The first-order valence-electron chi connectivity index (χ1n) is 6.16. The van der Waals surface area contributed by atoms with Crippen molar-refractivity contribution in [3.05, 3.63) is 36.0 Å². The number of rotatable bonds is 1. The van der Waals surface area contributed by atoms with E-state index in [0.29, 0.717) is 12.0 Å². The monoisotopic (exact) mass is 214 g/mol. The maximum atomic E-state index is 6.07. The van der Waals surface area contributed by atoms with E-state index in [1.54, 1.807) is 0 Å². The molecule has 0 bridgehead atoms. The van der Waals surface area contributed by atoms with Crippen molar-refractivity contribution in [3.8, 4) is 0 Å². The first-order chi connectivity index (χ1) is 7.84. The van der Waals surface area contributed by atoms with Crippen LogP contribution in [0.1, 0.15) is 37.2 Å². The van der Waals surface area contributed by atoms with Gasteiger partial charge in [0.15, 0.2) is 0 Å². The molecule has 0 saturated heterocycles. The third-order valence-corrected chi connectivity index (χ3v) is 3.78. The summed E-state index contributed by atoms with van der Waals surface area (Å²) in [4.78, 5) is 3.36. The minimum Gasteiger partial charge on any atom is -0.361 e. The van der Waals surface area contributed by atoms with Gasteiger partial charge in [-0.15, -0.1) is 0 Å². The van der Waals surface area contributed by atoms with E-state index in [4.69, 9.17) is 5.73 Å². The Morgan fingerprint density at radius 1 is 1.19 bits per heavy atom. The molecule has 2 atom stereocenters. The molecule has 3 rings (SSSR count). The van der Waals surface area contributed by atoms with Crippen LogP contribution in [0.3, 0.4) is 0 Å². The van der Waals surface area contributed by atoms with Crippen molar-refractivity contribution in [2.75, 3.05) is 0 Å². The average Bonchev–Trinajstić information content (AvgIpc) is 2.72. The highest BCUT2D eigenvalue weighted by Gasteiger charge is 2.22. The standard InChI is InChI=1S/C14H18N2/c15-11-5-3-4-10(8-11)13-9-16-14-7-2-1-6-12(13)14/h1-2,6-7,9-11,16H,3-5,8,15H2. The molecule has 2 heteroatoms. The molecule has 0 radical (unpaired) electrons. The highest BCUT2D eigenvalue weighted by atomic mass is 14.7. The molecule has 2 unspecified atom stereocenters. The molecule has 2 nitrogen and oxygen atoms in total. The molecule has 16 heavy (non-hydrogen) atoms. The summed E-state index contributed by atoms with van der Waals surface area (Å²) in [6.07, 6.45) is 7.06. The summed E-state index contributed by atoms with van der Waals surface area (Å²) in [7, 11) is 0. The van der Waals surface area contributed by atoms with Crippen LogP contribution in [0.4, 0.5) is 0 Å². The Balaban J connectivity index is 1.99. The van der Waals surface area contributed by atoms with E-state index in [2.05, 4.69) is 35.4 Å². The zero-order valence-corrected chi connectivity index (χ0v) is 9.45. The highest BCUT2D eigenvalue weighted by Crippen LogP contribution is 2.35. The van der Waals surface area contributed by atoms with Gasteiger partial charge in [0.25, 0.3) is 0 Å². The van der Waals surface area contributed by atoms with Crippen molar-refractivity contribution in [1.29, 1.82) is 0 Å². The smallest absolute Gasteiger partial charge is 0.0456 e. The highest BCUT2D eigenvalue weighted by molar-refractivity contribution is 5.83. The predicted octanol–water partition coefficient (Wildman–Crippen LogP) is 3.15. The fourth-order valence-electron chi connectivity index (χ4n) is 2.94. The van der Waals surface area contributed by atoms with Crippen LogP contribution in [0.5, 0.6) is 0 Å². The summed E-state index contributed by atoms with van der Waals surface area (Å²) in [5.74, 6) is 0.653. The molecule has 1 aromatic heterocycles. The Morgan fingerprint density at radius 2 is 2.06 bits per heavy atom. The van der Waals surface area contributed by atoms with E-state index in [1.807, 2.05) is 0 Å². The minimum absolute atomic E-state index is 0.396. The first kappa shape index (κ1) is 9.91. The Kier molecular flexibility index (Phi) is 2.44. The van der Waals surface area contributed by atoms with Crippen molar-refractivity contribution in [2.45, 2.75) is 37.6 Å². The van der Waals surface area contributed by atoms with Gasteiger partial charge in [0.1, 0.15) is 0 Å². The lowest BCUT2D eigenvalue weighted by molar-refractivity contribution is 0.395. The van der Waals surface area contributed by atoms with Gasteiger partial charge in [-0.2, -0.15) is 0 Å². The van der Waals surface area contributed by atoms with Crippen molar-refractivity contribution in [2.24, 2.45) is 5.73 Å². The van der Waals surface area contributed by atoms with Crippen LogP contribution in [0.25, 0.3) is 10.9 Å². The minimum atomic E-state index is 0.396. The van der Waals surface area contributed by atoms with E-state index >= 15 is 0 Å².